The Morgan fingerprint density at radius 1 is 1.32 bits per heavy atom. The first-order valence-corrected chi connectivity index (χ1v) is 11.0. The number of hydrogen-bond acceptors (Lipinski definition) is 6. The molecule has 140 valence electrons. The van der Waals surface area contributed by atoms with E-state index in [1.807, 2.05) is 6.07 Å². The summed E-state index contributed by atoms with van der Waals surface area (Å²) in [6, 6.07) is 3.23. The molecular formula is C16H25N3O4S2. The van der Waals surface area contributed by atoms with Crippen molar-refractivity contribution in [1.29, 1.82) is 0 Å². The third-order valence-electron chi connectivity index (χ3n) is 4.45. The Morgan fingerprint density at radius 3 is 2.84 bits per heavy atom. The van der Waals surface area contributed by atoms with Gasteiger partial charge in [-0.3, -0.25) is 4.79 Å². The summed E-state index contributed by atoms with van der Waals surface area (Å²) in [6.45, 7) is 3.42. The predicted octanol–water partition coefficient (Wildman–Crippen LogP) is 0.570. The zero-order chi connectivity index (χ0) is 17.7. The molecule has 1 amide bonds. The lowest BCUT2D eigenvalue weighted by atomic mass is 10.2. The van der Waals surface area contributed by atoms with Gasteiger partial charge in [0.2, 0.25) is 5.91 Å². The molecule has 1 aromatic heterocycles. The van der Waals surface area contributed by atoms with Gasteiger partial charge in [0, 0.05) is 31.1 Å². The van der Waals surface area contributed by atoms with Crippen LogP contribution in [0.1, 0.15) is 24.1 Å². The van der Waals surface area contributed by atoms with E-state index in [0.29, 0.717) is 50.0 Å². The van der Waals surface area contributed by atoms with Crippen molar-refractivity contribution >= 4 is 27.3 Å². The minimum Gasteiger partial charge on any atom is -0.378 e. The van der Waals surface area contributed by atoms with E-state index in [-0.39, 0.29) is 11.9 Å². The Morgan fingerprint density at radius 2 is 2.12 bits per heavy atom. The normalized spacial score (nSPS) is 22.6. The van der Waals surface area contributed by atoms with Crippen LogP contribution in [-0.4, -0.2) is 64.1 Å². The Bertz CT molecular complexity index is 677. The summed E-state index contributed by atoms with van der Waals surface area (Å²) in [5, 5.41) is 5.99. The first-order valence-electron chi connectivity index (χ1n) is 8.75. The average molecular weight is 388 g/mol. The number of carbonyl (C=O) groups is 1. The molecule has 3 heterocycles. The van der Waals surface area contributed by atoms with Gasteiger partial charge in [0.15, 0.2) is 0 Å². The average Bonchev–Trinajstić information content (AvgIpc) is 3.13. The van der Waals surface area contributed by atoms with Crippen molar-refractivity contribution in [1.82, 2.24) is 14.9 Å². The van der Waals surface area contributed by atoms with Crippen molar-refractivity contribution in [3.05, 3.63) is 17.0 Å². The molecule has 1 atom stereocenters. The zero-order valence-corrected chi connectivity index (χ0v) is 15.8. The Labute approximate surface area is 152 Å². The lowest BCUT2D eigenvalue weighted by Gasteiger charge is -2.25. The summed E-state index contributed by atoms with van der Waals surface area (Å²) >= 11 is 1.30. The maximum absolute atomic E-state index is 12.6. The van der Waals surface area contributed by atoms with E-state index in [1.165, 1.54) is 11.3 Å². The molecule has 25 heavy (non-hydrogen) atoms. The van der Waals surface area contributed by atoms with Crippen LogP contribution in [0.2, 0.25) is 0 Å². The zero-order valence-electron chi connectivity index (χ0n) is 14.2. The SMILES string of the molecule is O=C(NCCc1ccc(S(=O)(=O)N2CCCCC2)s1)C1COCCN1. The quantitative estimate of drug-likeness (QED) is 0.745. The molecule has 3 rings (SSSR count). The van der Waals surface area contributed by atoms with Gasteiger partial charge < -0.3 is 15.4 Å². The summed E-state index contributed by atoms with van der Waals surface area (Å²) in [6.07, 6.45) is 3.59. The fourth-order valence-electron chi connectivity index (χ4n) is 3.03. The molecule has 0 spiro atoms. The lowest BCUT2D eigenvalue weighted by Crippen LogP contribution is -2.51. The fraction of sp³-hybridized carbons (Fsp3) is 0.688. The summed E-state index contributed by atoms with van der Waals surface area (Å²) < 4.78 is 32.5. The number of morpholine rings is 1. The van der Waals surface area contributed by atoms with Crippen LogP contribution < -0.4 is 10.6 Å². The van der Waals surface area contributed by atoms with Gasteiger partial charge >= 0.3 is 0 Å². The van der Waals surface area contributed by atoms with Gasteiger partial charge in [0.25, 0.3) is 10.0 Å². The smallest absolute Gasteiger partial charge is 0.252 e. The van der Waals surface area contributed by atoms with Crippen LogP contribution in [0.25, 0.3) is 0 Å². The summed E-state index contributed by atoms with van der Waals surface area (Å²) in [5.74, 6) is -0.0718. The van der Waals surface area contributed by atoms with Crippen molar-refractivity contribution in [2.24, 2.45) is 0 Å². The third kappa shape index (κ3) is 4.79. The van der Waals surface area contributed by atoms with Gasteiger partial charge in [-0.15, -0.1) is 11.3 Å². The van der Waals surface area contributed by atoms with E-state index in [9.17, 15) is 13.2 Å². The molecule has 9 heteroatoms. The van der Waals surface area contributed by atoms with E-state index in [2.05, 4.69) is 10.6 Å². The molecule has 0 aliphatic carbocycles. The van der Waals surface area contributed by atoms with Crippen LogP contribution in [-0.2, 0) is 26.0 Å². The molecule has 2 aliphatic rings. The van der Waals surface area contributed by atoms with Crippen LogP contribution in [0, 0.1) is 0 Å². The van der Waals surface area contributed by atoms with Crippen molar-refractivity contribution in [2.45, 2.75) is 35.9 Å². The molecule has 0 radical (unpaired) electrons. The molecule has 1 unspecified atom stereocenters. The molecule has 2 fully saturated rings. The molecule has 1 aromatic rings. The van der Waals surface area contributed by atoms with E-state index >= 15 is 0 Å². The van der Waals surface area contributed by atoms with Crippen LogP contribution in [0.4, 0.5) is 0 Å². The standard InChI is InChI=1S/C16H25N3O4S2/c20-16(14-12-23-11-8-17-14)18-7-6-13-4-5-15(24-13)25(21,22)19-9-2-1-3-10-19/h4-5,14,17H,1-3,6-12H2,(H,18,20). The number of piperidine rings is 1. The van der Waals surface area contributed by atoms with Crippen molar-refractivity contribution in [3.63, 3.8) is 0 Å². The van der Waals surface area contributed by atoms with E-state index in [1.54, 1.807) is 10.4 Å². The number of ether oxygens (including phenoxy) is 1. The Balaban J connectivity index is 1.50. The maximum Gasteiger partial charge on any atom is 0.252 e. The van der Waals surface area contributed by atoms with Gasteiger partial charge in [-0.1, -0.05) is 6.42 Å². The highest BCUT2D eigenvalue weighted by Gasteiger charge is 2.27. The number of amides is 1. The van der Waals surface area contributed by atoms with Crippen molar-refractivity contribution in [3.8, 4) is 0 Å². The van der Waals surface area contributed by atoms with Crippen LogP contribution in [0.15, 0.2) is 16.3 Å². The monoisotopic (exact) mass is 387 g/mol. The van der Waals surface area contributed by atoms with E-state index in [0.717, 1.165) is 24.1 Å². The molecule has 0 bridgehead atoms. The number of hydrogen-bond donors (Lipinski definition) is 2. The third-order valence-corrected chi connectivity index (χ3v) is 7.97. The number of carbonyl (C=O) groups excluding carboxylic acids is 1. The summed E-state index contributed by atoms with van der Waals surface area (Å²) in [5.41, 5.74) is 0. The lowest BCUT2D eigenvalue weighted by molar-refractivity contribution is -0.125. The van der Waals surface area contributed by atoms with Gasteiger partial charge in [-0.05, 0) is 31.4 Å². The molecular weight excluding hydrogens is 362 g/mol. The molecule has 0 aromatic carbocycles. The summed E-state index contributed by atoms with van der Waals surface area (Å²) in [4.78, 5) is 13.0. The Hall–Kier alpha value is -1.00. The largest absolute Gasteiger partial charge is 0.378 e. The second kappa shape index (κ2) is 8.59. The molecule has 7 nitrogen and oxygen atoms in total. The number of sulfonamides is 1. The minimum atomic E-state index is -3.36. The minimum absolute atomic E-state index is 0.0718. The maximum atomic E-state index is 12.6. The molecule has 2 N–H and O–H groups in total. The van der Waals surface area contributed by atoms with Crippen molar-refractivity contribution < 1.29 is 17.9 Å². The van der Waals surface area contributed by atoms with Gasteiger partial charge in [-0.25, -0.2) is 8.42 Å². The second-order valence-electron chi connectivity index (χ2n) is 6.31. The van der Waals surface area contributed by atoms with Gasteiger partial charge in [0.05, 0.1) is 13.2 Å². The first kappa shape index (κ1) is 18.8. The number of nitrogens with one attached hydrogen (secondary N) is 2. The van der Waals surface area contributed by atoms with Gasteiger partial charge in [0.1, 0.15) is 10.3 Å². The van der Waals surface area contributed by atoms with Crippen molar-refractivity contribution in [2.75, 3.05) is 39.4 Å². The number of nitrogens with zero attached hydrogens (tertiary/aromatic N) is 1. The topological polar surface area (TPSA) is 87.7 Å². The number of thiophene rings is 1. The van der Waals surface area contributed by atoms with Gasteiger partial charge in [-0.2, -0.15) is 4.31 Å². The second-order valence-corrected chi connectivity index (χ2v) is 9.64. The fourth-order valence-corrected chi connectivity index (χ4v) is 6.06. The molecule has 2 aliphatic heterocycles. The highest BCUT2D eigenvalue weighted by molar-refractivity contribution is 7.91. The van der Waals surface area contributed by atoms with Crippen LogP contribution in [0.3, 0.4) is 0 Å². The van der Waals surface area contributed by atoms with Crippen LogP contribution >= 0.6 is 11.3 Å². The summed E-state index contributed by atoms with van der Waals surface area (Å²) in [7, 11) is -3.36. The van der Waals surface area contributed by atoms with E-state index < -0.39 is 10.0 Å². The first-order chi connectivity index (χ1) is 12.1. The Kier molecular flexibility index (Phi) is 6.45. The molecule has 2 saturated heterocycles. The highest BCUT2D eigenvalue weighted by atomic mass is 32.2. The van der Waals surface area contributed by atoms with Crippen LogP contribution in [0.5, 0.6) is 0 Å². The molecule has 0 saturated carbocycles. The highest BCUT2D eigenvalue weighted by Crippen LogP contribution is 2.27. The predicted molar refractivity (Wildman–Crippen MR) is 96.3 cm³/mol. The van der Waals surface area contributed by atoms with E-state index in [4.69, 9.17) is 4.74 Å². The number of rotatable bonds is 6.